The second-order valence-corrected chi connectivity index (χ2v) is 5.68. The molecule has 19 heavy (non-hydrogen) atoms. The van der Waals surface area contributed by atoms with Crippen molar-refractivity contribution in [3.05, 3.63) is 29.8 Å². The zero-order chi connectivity index (χ0) is 14.5. The van der Waals surface area contributed by atoms with Gasteiger partial charge in [0.2, 0.25) is 0 Å². The molecule has 0 aliphatic carbocycles. The third kappa shape index (κ3) is 5.75. The van der Waals surface area contributed by atoms with Crippen LogP contribution in [0.25, 0.3) is 0 Å². The van der Waals surface area contributed by atoms with Crippen LogP contribution >= 0.6 is 0 Å². The van der Waals surface area contributed by atoms with E-state index >= 15 is 0 Å². The van der Waals surface area contributed by atoms with Crippen LogP contribution in [-0.2, 0) is 11.2 Å². The van der Waals surface area contributed by atoms with Crippen molar-refractivity contribution in [2.24, 2.45) is 5.73 Å². The van der Waals surface area contributed by atoms with E-state index in [1.165, 1.54) is 5.56 Å². The van der Waals surface area contributed by atoms with E-state index in [1.807, 2.05) is 45.0 Å². The highest BCUT2D eigenvalue weighted by Gasteiger charge is 2.20. The van der Waals surface area contributed by atoms with Gasteiger partial charge >= 0.3 is 0 Å². The number of carbonyl (C=O) groups excluding carboxylic acids is 1. The molecule has 0 spiro atoms. The molecule has 1 unspecified atom stereocenters. The van der Waals surface area contributed by atoms with Gasteiger partial charge in [-0.1, -0.05) is 12.1 Å². The lowest BCUT2D eigenvalue weighted by Gasteiger charge is -2.23. The van der Waals surface area contributed by atoms with E-state index in [-0.39, 0.29) is 11.4 Å². The molecular formula is C15H24N2O2. The largest absolute Gasteiger partial charge is 0.481 e. The Labute approximate surface area is 115 Å². The first-order chi connectivity index (χ1) is 8.81. The van der Waals surface area contributed by atoms with E-state index in [0.29, 0.717) is 12.3 Å². The van der Waals surface area contributed by atoms with Gasteiger partial charge in [0, 0.05) is 5.54 Å². The van der Waals surface area contributed by atoms with E-state index in [2.05, 4.69) is 5.32 Å². The van der Waals surface area contributed by atoms with Gasteiger partial charge in [0.1, 0.15) is 5.75 Å². The number of amides is 1. The van der Waals surface area contributed by atoms with Gasteiger partial charge in [0.15, 0.2) is 6.10 Å². The lowest BCUT2D eigenvalue weighted by molar-refractivity contribution is -0.128. The molecule has 3 N–H and O–H groups in total. The summed E-state index contributed by atoms with van der Waals surface area (Å²) < 4.78 is 5.61. The molecule has 1 amide bonds. The standard InChI is InChI=1S/C15H24N2O2/c1-11(14(18)17-15(2,3)4)19-13-7-5-12(6-8-13)9-10-16/h5-8,11H,9-10,16H2,1-4H3,(H,17,18). The van der Waals surface area contributed by atoms with Crippen LogP contribution in [0.5, 0.6) is 5.75 Å². The highest BCUT2D eigenvalue weighted by atomic mass is 16.5. The third-order valence-corrected chi connectivity index (χ3v) is 2.54. The number of hydrogen-bond acceptors (Lipinski definition) is 3. The highest BCUT2D eigenvalue weighted by molar-refractivity contribution is 5.81. The van der Waals surface area contributed by atoms with Crippen LogP contribution in [0.3, 0.4) is 0 Å². The van der Waals surface area contributed by atoms with Gasteiger partial charge in [-0.3, -0.25) is 4.79 Å². The molecule has 0 aliphatic heterocycles. The predicted octanol–water partition coefficient (Wildman–Crippen LogP) is 1.87. The molecule has 106 valence electrons. The molecule has 0 bridgehead atoms. The minimum atomic E-state index is -0.514. The van der Waals surface area contributed by atoms with Crippen LogP contribution in [0, 0.1) is 0 Å². The molecule has 0 saturated heterocycles. The number of nitrogens with one attached hydrogen (secondary N) is 1. The molecular weight excluding hydrogens is 240 g/mol. The summed E-state index contributed by atoms with van der Waals surface area (Å²) in [5.74, 6) is 0.580. The van der Waals surface area contributed by atoms with E-state index in [0.717, 1.165) is 6.42 Å². The summed E-state index contributed by atoms with van der Waals surface area (Å²) in [6.45, 7) is 8.21. The van der Waals surface area contributed by atoms with E-state index < -0.39 is 6.10 Å². The monoisotopic (exact) mass is 264 g/mol. The van der Waals surface area contributed by atoms with Crippen molar-refractivity contribution >= 4 is 5.91 Å². The second kappa shape index (κ2) is 6.57. The molecule has 0 aliphatic rings. The third-order valence-electron chi connectivity index (χ3n) is 2.54. The van der Waals surface area contributed by atoms with Crippen LogP contribution < -0.4 is 15.8 Å². The van der Waals surface area contributed by atoms with E-state index in [9.17, 15) is 4.79 Å². The van der Waals surface area contributed by atoms with Gasteiger partial charge in [-0.05, 0) is 58.4 Å². The number of rotatable bonds is 5. The zero-order valence-electron chi connectivity index (χ0n) is 12.2. The Hall–Kier alpha value is -1.55. The van der Waals surface area contributed by atoms with Crippen molar-refractivity contribution in [3.63, 3.8) is 0 Å². The van der Waals surface area contributed by atoms with Gasteiger partial charge in [-0.25, -0.2) is 0 Å². The van der Waals surface area contributed by atoms with Crippen LogP contribution in [0.15, 0.2) is 24.3 Å². The van der Waals surface area contributed by atoms with Crippen molar-refractivity contribution < 1.29 is 9.53 Å². The summed E-state index contributed by atoms with van der Waals surface area (Å²) in [5, 5.41) is 2.89. The van der Waals surface area contributed by atoms with Crippen molar-refractivity contribution in [2.75, 3.05) is 6.54 Å². The van der Waals surface area contributed by atoms with Crippen molar-refractivity contribution in [2.45, 2.75) is 45.8 Å². The topological polar surface area (TPSA) is 64.3 Å². The molecule has 1 aromatic rings. The predicted molar refractivity (Wildman–Crippen MR) is 77.2 cm³/mol. The molecule has 4 heteroatoms. The van der Waals surface area contributed by atoms with Crippen LogP contribution in [0.2, 0.25) is 0 Å². The van der Waals surface area contributed by atoms with E-state index in [4.69, 9.17) is 10.5 Å². The van der Waals surface area contributed by atoms with Gasteiger partial charge in [-0.2, -0.15) is 0 Å². The fourth-order valence-electron chi connectivity index (χ4n) is 1.63. The van der Waals surface area contributed by atoms with Crippen molar-refractivity contribution in [3.8, 4) is 5.75 Å². The fraction of sp³-hybridized carbons (Fsp3) is 0.533. The molecule has 0 saturated carbocycles. The summed E-state index contributed by atoms with van der Waals surface area (Å²) in [5.41, 5.74) is 6.41. The van der Waals surface area contributed by atoms with Gasteiger partial charge in [-0.15, -0.1) is 0 Å². The molecule has 0 fully saturated rings. The number of carbonyl (C=O) groups is 1. The average molecular weight is 264 g/mol. The Balaban J connectivity index is 2.56. The van der Waals surface area contributed by atoms with Gasteiger partial charge in [0.05, 0.1) is 0 Å². The van der Waals surface area contributed by atoms with Crippen molar-refractivity contribution in [1.82, 2.24) is 5.32 Å². The molecule has 1 aromatic carbocycles. The minimum Gasteiger partial charge on any atom is -0.481 e. The Kier molecular flexibility index (Phi) is 5.36. The second-order valence-electron chi connectivity index (χ2n) is 5.68. The SMILES string of the molecule is CC(Oc1ccc(CCN)cc1)C(=O)NC(C)(C)C. The van der Waals surface area contributed by atoms with Crippen LogP contribution in [0.1, 0.15) is 33.3 Å². The minimum absolute atomic E-state index is 0.112. The Morgan fingerprint density at radius 2 is 1.89 bits per heavy atom. The molecule has 4 nitrogen and oxygen atoms in total. The zero-order valence-corrected chi connectivity index (χ0v) is 12.2. The maximum absolute atomic E-state index is 11.9. The lowest BCUT2D eigenvalue weighted by atomic mass is 10.1. The first-order valence-electron chi connectivity index (χ1n) is 6.59. The maximum atomic E-state index is 11.9. The number of hydrogen-bond donors (Lipinski definition) is 2. The Bertz CT molecular complexity index is 407. The van der Waals surface area contributed by atoms with Crippen molar-refractivity contribution in [1.29, 1.82) is 0 Å². The maximum Gasteiger partial charge on any atom is 0.261 e. The van der Waals surface area contributed by atoms with Crippen LogP contribution in [0.4, 0.5) is 0 Å². The smallest absolute Gasteiger partial charge is 0.261 e. The molecule has 0 radical (unpaired) electrons. The lowest BCUT2D eigenvalue weighted by Crippen LogP contribution is -2.46. The first kappa shape index (κ1) is 15.5. The first-order valence-corrected chi connectivity index (χ1v) is 6.59. The summed E-state index contributed by atoms with van der Waals surface area (Å²) in [6, 6.07) is 7.67. The quantitative estimate of drug-likeness (QED) is 0.853. The number of benzene rings is 1. The summed E-state index contributed by atoms with van der Waals surface area (Å²) >= 11 is 0. The van der Waals surface area contributed by atoms with Crippen LogP contribution in [-0.4, -0.2) is 24.1 Å². The van der Waals surface area contributed by atoms with Gasteiger partial charge in [0.25, 0.3) is 5.91 Å². The summed E-state index contributed by atoms with van der Waals surface area (Å²) in [4.78, 5) is 11.9. The molecule has 1 atom stereocenters. The van der Waals surface area contributed by atoms with E-state index in [1.54, 1.807) is 6.92 Å². The Morgan fingerprint density at radius 3 is 2.37 bits per heavy atom. The average Bonchev–Trinajstić information content (AvgIpc) is 2.29. The van der Waals surface area contributed by atoms with Gasteiger partial charge < -0.3 is 15.8 Å². The number of ether oxygens (including phenoxy) is 1. The molecule has 0 aromatic heterocycles. The molecule has 1 rings (SSSR count). The summed E-state index contributed by atoms with van der Waals surface area (Å²) in [6.07, 6.45) is 0.333. The normalized spacial score (nSPS) is 12.9. The number of nitrogens with two attached hydrogens (primary N) is 1. The Morgan fingerprint density at radius 1 is 1.32 bits per heavy atom. The molecule has 0 heterocycles. The highest BCUT2D eigenvalue weighted by Crippen LogP contribution is 2.14. The fourth-order valence-corrected chi connectivity index (χ4v) is 1.63. The summed E-state index contributed by atoms with van der Waals surface area (Å²) in [7, 11) is 0.